The van der Waals surface area contributed by atoms with Crippen LogP contribution < -0.4 is 0 Å². The Morgan fingerprint density at radius 3 is 2.23 bits per heavy atom. The second kappa shape index (κ2) is 13.7. The van der Waals surface area contributed by atoms with E-state index in [1.54, 1.807) is 0 Å². The van der Waals surface area contributed by atoms with Gasteiger partial charge in [0.25, 0.3) is 0 Å². The molecule has 0 saturated carbocycles. The van der Waals surface area contributed by atoms with Crippen LogP contribution in [0.5, 0.6) is 0 Å². The number of unbranched alkanes of at least 4 members (excludes halogenated alkanes) is 9. The van der Waals surface area contributed by atoms with Gasteiger partial charge in [-0.1, -0.05) is 109 Å². The van der Waals surface area contributed by atoms with E-state index in [4.69, 9.17) is 9.97 Å². The summed E-state index contributed by atoms with van der Waals surface area (Å²) in [6, 6.07) is 8.99. The van der Waals surface area contributed by atoms with Crippen molar-refractivity contribution in [1.29, 1.82) is 0 Å². The van der Waals surface area contributed by atoms with E-state index in [0.29, 0.717) is 0 Å². The molecule has 3 rings (SSSR count). The van der Waals surface area contributed by atoms with E-state index < -0.39 is 0 Å². The molecule has 1 aliphatic carbocycles. The molecule has 2 aromatic rings. The summed E-state index contributed by atoms with van der Waals surface area (Å²) in [5.41, 5.74) is 5.29. The van der Waals surface area contributed by atoms with Gasteiger partial charge in [0.1, 0.15) is 0 Å². The van der Waals surface area contributed by atoms with Gasteiger partial charge in [-0.2, -0.15) is 0 Å². The van der Waals surface area contributed by atoms with Crippen LogP contribution in [0, 0.1) is 5.92 Å². The normalized spacial score (nSPS) is 15.7. The van der Waals surface area contributed by atoms with Gasteiger partial charge in [0.05, 0.1) is 0 Å². The molecular formula is C29H44N2. The van der Waals surface area contributed by atoms with Gasteiger partial charge in [0.15, 0.2) is 5.82 Å². The summed E-state index contributed by atoms with van der Waals surface area (Å²) in [6.45, 7) is 4.57. The molecule has 1 unspecified atom stereocenters. The molecule has 1 aromatic carbocycles. The minimum absolute atomic E-state index is 0.838. The summed E-state index contributed by atoms with van der Waals surface area (Å²) in [4.78, 5) is 9.70. The van der Waals surface area contributed by atoms with E-state index in [9.17, 15) is 0 Å². The van der Waals surface area contributed by atoms with Gasteiger partial charge in [0.2, 0.25) is 0 Å². The van der Waals surface area contributed by atoms with E-state index in [1.165, 1.54) is 113 Å². The van der Waals surface area contributed by atoms with Crippen LogP contribution >= 0.6 is 0 Å². The Labute approximate surface area is 191 Å². The lowest BCUT2D eigenvalue weighted by atomic mass is 9.84. The highest BCUT2D eigenvalue weighted by atomic mass is 14.9. The van der Waals surface area contributed by atoms with Crippen LogP contribution in [-0.2, 0) is 19.3 Å². The Hall–Kier alpha value is -1.70. The van der Waals surface area contributed by atoms with Crippen LogP contribution in [0.4, 0.5) is 0 Å². The Bertz CT molecular complexity index is 750. The molecule has 1 heterocycles. The van der Waals surface area contributed by atoms with Gasteiger partial charge in [-0.05, 0) is 49.1 Å². The number of benzene rings is 1. The maximum Gasteiger partial charge on any atom is 0.159 e. The van der Waals surface area contributed by atoms with Crippen molar-refractivity contribution in [1.82, 2.24) is 9.97 Å². The topological polar surface area (TPSA) is 25.8 Å². The van der Waals surface area contributed by atoms with Crippen molar-refractivity contribution in [3.8, 4) is 11.4 Å². The smallest absolute Gasteiger partial charge is 0.159 e. The van der Waals surface area contributed by atoms with E-state index in [-0.39, 0.29) is 0 Å². The van der Waals surface area contributed by atoms with Gasteiger partial charge in [-0.15, -0.1) is 0 Å². The number of aryl methyl sites for hydroxylation is 2. The van der Waals surface area contributed by atoms with Gasteiger partial charge in [0, 0.05) is 17.5 Å². The Morgan fingerprint density at radius 1 is 0.806 bits per heavy atom. The average molecular weight is 421 g/mol. The van der Waals surface area contributed by atoms with Crippen LogP contribution in [0.2, 0.25) is 0 Å². The van der Waals surface area contributed by atoms with Gasteiger partial charge in [-0.25, -0.2) is 9.97 Å². The van der Waals surface area contributed by atoms with E-state index >= 15 is 0 Å². The van der Waals surface area contributed by atoms with Crippen LogP contribution in [0.25, 0.3) is 11.4 Å². The second-order valence-corrected chi connectivity index (χ2v) is 9.69. The SMILES string of the molecule is CCCCCCCCc1ccc(-c2ncc3c(n2)CCC(CCCCCCC)C3)cc1. The van der Waals surface area contributed by atoms with Crippen LogP contribution in [0.15, 0.2) is 30.5 Å². The zero-order valence-corrected chi connectivity index (χ0v) is 20.2. The van der Waals surface area contributed by atoms with Crippen molar-refractivity contribution in [2.24, 2.45) is 5.92 Å². The zero-order chi connectivity index (χ0) is 21.7. The molecule has 170 valence electrons. The monoisotopic (exact) mass is 420 g/mol. The largest absolute Gasteiger partial charge is 0.236 e. The number of rotatable bonds is 14. The molecule has 2 heteroatoms. The molecule has 0 saturated heterocycles. The Balaban J connectivity index is 1.46. The molecule has 1 aromatic heterocycles. The van der Waals surface area contributed by atoms with Crippen molar-refractivity contribution in [3.63, 3.8) is 0 Å². The molecule has 0 amide bonds. The molecule has 0 bridgehead atoms. The molecule has 2 nitrogen and oxygen atoms in total. The standard InChI is InChI=1S/C29H44N2/c1-3-5-7-9-11-12-14-24-16-19-26(20-17-24)29-30-23-27-22-25(18-21-28(27)31-29)15-13-10-8-6-4-2/h16-17,19-20,23,25H,3-15,18,21-22H2,1-2H3. The lowest BCUT2D eigenvalue weighted by molar-refractivity contribution is 0.400. The van der Waals surface area contributed by atoms with Crippen molar-refractivity contribution in [2.75, 3.05) is 0 Å². The van der Waals surface area contributed by atoms with Crippen LogP contribution in [-0.4, -0.2) is 9.97 Å². The molecule has 0 aliphatic heterocycles. The number of fused-ring (bicyclic) bond motifs is 1. The number of aromatic nitrogens is 2. The first-order valence-electron chi connectivity index (χ1n) is 13.2. The van der Waals surface area contributed by atoms with Crippen molar-refractivity contribution in [2.45, 2.75) is 117 Å². The lowest BCUT2D eigenvalue weighted by Gasteiger charge is -2.24. The lowest BCUT2D eigenvalue weighted by Crippen LogP contribution is -2.16. The quantitative estimate of drug-likeness (QED) is 0.286. The molecular weight excluding hydrogens is 376 g/mol. The minimum Gasteiger partial charge on any atom is -0.236 e. The Kier molecular flexibility index (Phi) is 10.6. The first kappa shape index (κ1) is 24.0. The zero-order valence-electron chi connectivity index (χ0n) is 20.2. The predicted molar refractivity (Wildman–Crippen MR) is 133 cm³/mol. The maximum absolute atomic E-state index is 4.96. The number of hydrogen-bond acceptors (Lipinski definition) is 2. The van der Waals surface area contributed by atoms with Crippen molar-refractivity contribution in [3.05, 3.63) is 47.3 Å². The third-order valence-corrected chi connectivity index (χ3v) is 7.00. The maximum atomic E-state index is 4.96. The highest BCUT2D eigenvalue weighted by Crippen LogP contribution is 2.29. The molecule has 0 radical (unpaired) electrons. The van der Waals surface area contributed by atoms with Crippen molar-refractivity contribution < 1.29 is 0 Å². The molecule has 0 spiro atoms. The summed E-state index contributed by atoms with van der Waals surface area (Å²) < 4.78 is 0. The van der Waals surface area contributed by atoms with Gasteiger partial charge in [-0.3, -0.25) is 0 Å². The second-order valence-electron chi connectivity index (χ2n) is 9.69. The number of hydrogen-bond donors (Lipinski definition) is 0. The minimum atomic E-state index is 0.838. The summed E-state index contributed by atoms with van der Waals surface area (Å²) in [6.07, 6.45) is 23.4. The molecule has 0 fully saturated rings. The summed E-state index contributed by atoms with van der Waals surface area (Å²) in [5.74, 6) is 1.74. The first-order chi connectivity index (χ1) is 15.3. The summed E-state index contributed by atoms with van der Waals surface area (Å²) in [5, 5.41) is 0. The van der Waals surface area contributed by atoms with Gasteiger partial charge < -0.3 is 0 Å². The van der Waals surface area contributed by atoms with E-state index in [0.717, 1.165) is 23.7 Å². The molecule has 31 heavy (non-hydrogen) atoms. The molecule has 1 atom stereocenters. The fourth-order valence-corrected chi connectivity index (χ4v) is 4.93. The fourth-order valence-electron chi connectivity index (χ4n) is 4.93. The predicted octanol–water partition coefficient (Wildman–Crippen LogP) is 8.51. The highest BCUT2D eigenvalue weighted by molar-refractivity contribution is 5.55. The summed E-state index contributed by atoms with van der Waals surface area (Å²) >= 11 is 0. The third-order valence-electron chi connectivity index (χ3n) is 7.00. The average Bonchev–Trinajstić information content (AvgIpc) is 2.81. The van der Waals surface area contributed by atoms with E-state index in [2.05, 4.69) is 44.3 Å². The summed E-state index contributed by atoms with van der Waals surface area (Å²) in [7, 11) is 0. The molecule has 1 aliphatic rings. The number of nitrogens with zero attached hydrogens (tertiary/aromatic N) is 2. The van der Waals surface area contributed by atoms with E-state index in [1.807, 2.05) is 0 Å². The van der Waals surface area contributed by atoms with Crippen LogP contribution in [0.3, 0.4) is 0 Å². The Morgan fingerprint density at radius 2 is 1.48 bits per heavy atom. The third kappa shape index (κ3) is 8.05. The fraction of sp³-hybridized carbons (Fsp3) is 0.655. The molecule has 0 N–H and O–H groups in total. The first-order valence-corrected chi connectivity index (χ1v) is 13.2. The van der Waals surface area contributed by atoms with Gasteiger partial charge >= 0.3 is 0 Å². The van der Waals surface area contributed by atoms with Crippen LogP contribution in [0.1, 0.15) is 114 Å². The van der Waals surface area contributed by atoms with Crippen molar-refractivity contribution >= 4 is 0 Å². The highest BCUT2D eigenvalue weighted by Gasteiger charge is 2.20.